The number of amides is 3. The van der Waals surface area contributed by atoms with E-state index in [1.165, 1.54) is 0 Å². The molecule has 0 radical (unpaired) electrons. The minimum atomic E-state index is -0.0917. The summed E-state index contributed by atoms with van der Waals surface area (Å²) in [4.78, 5) is 26.2. The molecule has 128 valence electrons. The van der Waals surface area contributed by atoms with Gasteiger partial charge in [-0.15, -0.1) is 0 Å². The maximum absolute atomic E-state index is 12.3. The van der Waals surface area contributed by atoms with Crippen LogP contribution < -0.4 is 10.6 Å². The van der Waals surface area contributed by atoms with Crippen molar-refractivity contribution in [1.29, 1.82) is 0 Å². The fourth-order valence-electron chi connectivity index (χ4n) is 2.74. The molecular formula is C17H33N3O2. The highest BCUT2D eigenvalue weighted by molar-refractivity contribution is 5.79. The first kappa shape index (κ1) is 18.8. The number of carbonyl (C=O) groups is 2. The summed E-state index contributed by atoms with van der Waals surface area (Å²) < 4.78 is 0. The summed E-state index contributed by atoms with van der Waals surface area (Å²) in [5.41, 5.74) is 0. The number of nitrogens with one attached hydrogen (secondary N) is 2. The van der Waals surface area contributed by atoms with Gasteiger partial charge in [0.25, 0.3) is 0 Å². The van der Waals surface area contributed by atoms with Gasteiger partial charge in [-0.3, -0.25) is 4.79 Å². The average molecular weight is 311 g/mol. The zero-order valence-electron chi connectivity index (χ0n) is 14.8. The normalized spacial score (nSPS) is 17.7. The lowest BCUT2D eigenvalue weighted by molar-refractivity contribution is -0.136. The third-order valence-corrected chi connectivity index (χ3v) is 4.84. The summed E-state index contributed by atoms with van der Waals surface area (Å²) in [6, 6.07) is 0.243. The van der Waals surface area contributed by atoms with Crippen molar-refractivity contribution in [3.8, 4) is 0 Å². The van der Waals surface area contributed by atoms with Crippen LogP contribution in [0.25, 0.3) is 0 Å². The molecule has 1 rings (SSSR count). The molecule has 1 fully saturated rings. The summed E-state index contributed by atoms with van der Waals surface area (Å²) in [6.07, 6.45) is 3.50. The monoisotopic (exact) mass is 311 g/mol. The number of hydrogen-bond acceptors (Lipinski definition) is 2. The van der Waals surface area contributed by atoms with Crippen LogP contribution in [0.4, 0.5) is 4.79 Å². The van der Waals surface area contributed by atoms with Gasteiger partial charge in [0.15, 0.2) is 0 Å². The van der Waals surface area contributed by atoms with Gasteiger partial charge in [0.2, 0.25) is 5.91 Å². The molecule has 1 heterocycles. The van der Waals surface area contributed by atoms with E-state index in [1.807, 2.05) is 11.8 Å². The molecule has 5 heteroatoms. The van der Waals surface area contributed by atoms with Gasteiger partial charge in [0.1, 0.15) is 0 Å². The Morgan fingerprint density at radius 2 is 1.64 bits per heavy atom. The van der Waals surface area contributed by atoms with Crippen LogP contribution in [0.5, 0.6) is 0 Å². The van der Waals surface area contributed by atoms with Crippen molar-refractivity contribution < 1.29 is 9.59 Å². The summed E-state index contributed by atoms with van der Waals surface area (Å²) in [7, 11) is 0. The van der Waals surface area contributed by atoms with Crippen molar-refractivity contribution in [3.63, 3.8) is 0 Å². The molecule has 1 aliphatic heterocycles. The Morgan fingerprint density at radius 1 is 1.09 bits per heavy atom. The Balaban J connectivity index is 2.36. The lowest BCUT2D eigenvalue weighted by Crippen LogP contribution is -2.51. The van der Waals surface area contributed by atoms with Gasteiger partial charge in [-0.25, -0.2) is 4.79 Å². The van der Waals surface area contributed by atoms with E-state index in [0.717, 1.165) is 38.8 Å². The van der Waals surface area contributed by atoms with E-state index >= 15 is 0 Å². The number of nitrogens with zero attached hydrogens (tertiary/aromatic N) is 1. The second-order valence-corrected chi connectivity index (χ2v) is 6.76. The molecule has 1 saturated heterocycles. The quantitative estimate of drug-likeness (QED) is 0.792. The SMILES string of the molecule is CCC(CC)C(=O)N1CCC(NC(=O)NC(C)C(C)C)CC1. The number of urea groups is 1. The summed E-state index contributed by atoms with van der Waals surface area (Å²) in [5.74, 6) is 0.853. The number of carbonyl (C=O) groups excluding carboxylic acids is 2. The Morgan fingerprint density at radius 3 is 2.09 bits per heavy atom. The van der Waals surface area contributed by atoms with E-state index in [-0.39, 0.29) is 29.9 Å². The molecule has 0 saturated carbocycles. The van der Waals surface area contributed by atoms with Gasteiger partial charge in [-0.1, -0.05) is 27.7 Å². The smallest absolute Gasteiger partial charge is 0.315 e. The average Bonchev–Trinajstić information content (AvgIpc) is 2.48. The molecule has 1 atom stereocenters. The molecule has 0 bridgehead atoms. The number of hydrogen-bond donors (Lipinski definition) is 2. The van der Waals surface area contributed by atoms with Crippen LogP contribution in [-0.4, -0.2) is 42.0 Å². The Hall–Kier alpha value is -1.26. The Labute approximate surface area is 135 Å². The molecule has 0 spiro atoms. The lowest BCUT2D eigenvalue weighted by atomic mass is 9.98. The Bertz CT molecular complexity index is 359. The predicted octanol–water partition coefficient (Wildman–Crippen LogP) is 2.76. The molecular weight excluding hydrogens is 278 g/mol. The highest BCUT2D eigenvalue weighted by Gasteiger charge is 2.27. The predicted molar refractivity (Wildman–Crippen MR) is 89.6 cm³/mol. The van der Waals surface area contributed by atoms with Gasteiger partial charge in [0.05, 0.1) is 0 Å². The van der Waals surface area contributed by atoms with E-state index in [2.05, 4.69) is 38.3 Å². The van der Waals surface area contributed by atoms with Gasteiger partial charge in [-0.2, -0.15) is 0 Å². The van der Waals surface area contributed by atoms with Gasteiger partial charge >= 0.3 is 6.03 Å². The first-order chi connectivity index (χ1) is 10.4. The van der Waals surface area contributed by atoms with Crippen LogP contribution in [0, 0.1) is 11.8 Å². The molecule has 22 heavy (non-hydrogen) atoms. The molecule has 1 unspecified atom stereocenters. The standard InChI is InChI=1S/C17H33N3O2/c1-6-14(7-2)16(21)20-10-8-15(9-11-20)19-17(22)18-13(5)12(3)4/h12-15H,6-11H2,1-5H3,(H2,18,19,22). The van der Waals surface area contributed by atoms with Crippen molar-refractivity contribution in [1.82, 2.24) is 15.5 Å². The third kappa shape index (κ3) is 5.50. The molecule has 5 nitrogen and oxygen atoms in total. The molecule has 0 aromatic carbocycles. The minimum Gasteiger partial charge on any atom is -0.342 e. The van der Waals surface area contributed by atoms with Crippen molar-refractivity contribution in [2.45, 2.75) is 72.4 Å². The summed E-state index contributed by atoms with van der Waals surface area (Å²) >= 11 is 0. The summed E-state index contributed by atoms with van der Waals surface area (Å²) in [6.45, 7) is 11.8. The van der Waals surface area contributed by atoms with Crippen LogP contribution in [0.15, 0.2) is 0 Å². The summed E-state index contributed by atoms with van der Waals surface area (Å²) in [5, 5.41) is 6.00. The van der Waals surface area contributed by atoms with E-state index < -0.39 is 0 Å². The largest absolute Gasteiger partial charge is 0.342 e. The van der Waals surface area contributed by atoms with Gasteiger partial charge < -0.3 is 15.5 Å². The minimum absolute atomic E-state index is 0.0917. The van der Waals surface area contributed by atoms with E-state index in [9.17, 15) is 9.59 Å². The second-order valence-electron chi connectivity index (χ2n) is 6.76. The Kier molecular flexibility index (Phi) is 7.69. The zero-order chi connectivity index (χ0) is 16.7. The molecule has 3 amide bonds. The van der Waals surface area contributed by atoms with Crippen molar-refractivity contribution in [3.05, 3.63) is 0 Å². The zero-order valence-corrected chi connectivity index (χ0v) is 14.8. The maximum atomic E-state index is 12.3. The number of likely N-dealkylation sites (tertiary alicyclic amines) is 1. The molecule has 1 aliphatic rings. The number of piperidine rings is 1. The fourth-order valence-corrected chi connectivity index (χ4v) is 2.74. The molecule has 0 aromatic heterocycles. The first-order valence-corrected chi connectivity index (χ1v) is 8.74. The van der Waals surface area contributed by atoms with Crippen molar-refractivity contribution >= 4 is 11.9 Å². The highest BCUT2D eigenvalue weighted by Crippen LogP contribution is 2.17. The second kappa shape index (κ2) is 9.01. The molecule has 0 aliphatic carbocycles. The van der Waals surface area contributed by atoms with Crippen molar-refractivity contribution in [2.24, 2.45) is 11.8 Å². The van der Waals surface area contributed by atoms with Crippen LogP contribution in [-0.2, 0) is 4.79 Å². The highest BCUT2D eigenvalue weighted by atomic mass is 16.2. The molecule has 2 N–H and O–H groups in total. The van der Waals surface area contributed by atoms with Gasteiger partial charge in [-0.05, 0) is 38.5 Å². The van der Waals surface area contributed by atoms with Crippen molar-refractivity contribution in [2.75, 3.05) is 13.1 Å². The van der Waals surface area contributed by atoms with Crippen LogP contribution in [0.2, 0.25) is 0 Å². The fraction of sp³-hybridized carbons (Fsp3) is 0.882. The number of rotatable bonds is 6. The van der Waals surface area contributed by atoms with E-state index in [4.69, 9.17) is 0 Å². The topological polar surface area (TPSA) is 61.4 Å². The van der Waals surface area contributed by atoms with Crippen LogP contribution >= 0.6 is 0 Å². The molecule has 0 aromatic rings. The maximum Gasteiger partial charge on any atom is 0.315 e. The third-order valence-electron chi connectivity index (χ3n) is 4.84. The van der Waals surface area contributed by atoms with E-state index in [1.54, 1.807) is 0 Å². The van der Waals surface area contributed by atoms with Crippen LogP contribution in [0.3, 0.4) is 0 Å². The van der Waals surface area contributed by atoms with E-state index in [0.29, 0.717) is 5.92 Å². The first-order valence-electron chi connectivity index (χ1n) is 8.74. The van der Waals surface area contributed by atoms with Crippen LogP contribution in [0.1, 0.15) is 60.3 Å². The lowest BCUT2D eigenvalue weighted by Gasteiger charge is -2.34. The van der Waals surface area contributed by atoms with Gasteiger partial charge in [0, 0.05) is 31.1 Å².